The Bertz CT molecular complexity index is 1490. The van der Waals surface area contributed by atoms with Crippen LogP contribution in [0.2, 0.25) is 0 Å². The van der Waals surface area contributed by atoms with Crippen molar-refractivity contribution in [3.05, 3.63) is 140 Å². The van der Waals surface area contributed by atoms with Gasteiger partial charge in [-0.05, 0) is 22.5 Å². The summed E-state index contributed by atoms with van der Waals surface area (Å²) in [6.45, 7) is 0. The van der Waals surface area contributed by atoms with E-state index in [1.54, 1.807) is 18.6 Å². The SMILES string of the molecule is c1ccc(-c2cncc([Si](c3ccccc3)(c3ccccc3)c3cncc(-c4ccncc4)n3)n2)cc1. The van der Waals surface area contributed by atoms with Crippen molar-refractivity contribution in [1.29, 1.82) is 0 Å². The fraction of sp³-hybridized carbons (Fsp3) is 0. The summed E-state index contributed by atoms with van der Waals surface area (Å²) in [7, 11) is -2.99. The monoisotopic (exact) mass is 493 g/mol. The van der Waals surface area contributed by atoms with Crippen LogP contribution in [-0.4, -0.2) is 33.0 Å². The molecular weight excluding hydrogens is 470 g/mol. The molecule has 0 bridgehead atoms. The Morgan fingerprint density at radius 3 is 1.32 bits per heavy atom. The van der Waals surface area contributed by atoms with Crippen LogP contribution in [-0.2, 0) is 0 Å². The van der Waals surface area contributed by atoms with Crippen LogP contribution in [0.5, 0.6) is 0 Å². The first-order chi connectivity index (χ1) is 18.4. The Morgan fingerprint density at radius 2 is 0.838 bits per heavy atom. The van der Waals surface area contributed by atoms with Crippen LogP contribution >= 0.6 is 0 Å². The molecule has 0 fully saturated rings. The minimum atomic E-state index is -2.99. The van der Waals surface area contributed by atoms with Gasteiger partial charge in [0.25, 0.3) is 0 Å². The summed E-state index contributed by atoms with van der Waals surface area (Å²) in [5.74, 6) is 0. The lowest BCUT2D eigenvalue weighted by Crippen LogP contribution is -2.76. The number of nitrogens with zero attached hydrogens (tertiary/aromatic N) is 5. The highest BCUT2D eigenvalue weighted by Gasteiger charge is 2.45. The molecule has 0 aliphatic heterocycles. The first kappa shape index (κ1) is 22.6. The average molecular weight is 494 g/mol. The number of pyridine rings is 1. The van der Waals surface area contributed by atoms with Crippen LogP contribution < -0.4 is 21.0 Å². The van der Waals surface area contributed by atoms with Gasteiger partial charge in [0, 0.05) is 35.9 Å². The summed E-state index contributed by atoms with van der Waals surface area (Å²) in [6, 6.07) is 35.2. The van der Waals surface area contributed by atoms with Gasteiger partial charge >= 0.3 is 0 Å². The maximum atomic E-state index is 5.27. The molecule has 0 aliphatic rings. The van der Waals surface area contributed by atoms with Crippen LogP contribution in [0.25, 0.3) is 22.5 Å². The minimum Gasteiger partial charge on any atom is -0.265 e. The van der Waals surface area contributed by atoms with Crippen molar-refractivity contribution in [3.8, 4) is 22.5 Å². The third kappa shape index (κ3) is 4.24. The smallest absolute Gasteiger partial charge is 0.227 e. The molecule has 5 nitrogen and oxygen atoms in total. The molecule has 6 heteroatoms. The molecule has 0 radical (unpaired) electrons. The van der Waals surface area contributed by atoms with Crippen LogP contribution in [0.15, 0.2) is 140 Å². The molecule has 6 rings (SSSR count). The lowest BCUT2D eigenvalue weighted by atomic mass is 10.2. The first-order valence-corrected chi connectivity index (χ1v) is 14.1. The van der Waals surface area contributed by atoms with Crippen molar-refractivity contribution in [1.82, 2.24) is 24.9 Å². The number of aromatic nitrogens is 5. The zero-order valence-corrected chi connectivity index (χ0v) is 21.0. The van der Waals surface area contributed by atoms with Gasteiger partial charge in [-0.25, -0.2) is 0 Å². The molecule has 0 atom stereocenters. The quantitative estimate of drug-likeness (QED) is 0.333. The summed E-state index contributed by atoms with van der Waals surface area (Å²) in [5.41, 5.74) is 3.63. The highest BCUT2D eigenvalue weighted by molar-refractivity contribution is 7.19. The van der Waals surface area contributed by atoms with E-state index in [0.29, 0.717) is 0 Å². The molecule has 3 aromatic heterocycles. The van der Waals surface area contributed by atoms with E-state index in [0.717, 1.165) is 33.1 Å². The zero-order valence-electron chi connectivity index (χ0n) is 20.0. The molecule has 0 saturated carbocycles. The summed E-state index contributed by atoms with van der Waals surface area (Å²) < 4.78 is 0. The Balaban J connectivity index is 1.68. The van der Waals surface area contributed by atoms with Crippen LogP contribution in [0, 0.1) is 0 Å². The maximum absolute atomic E-state index is 5.27. The van der Waals surface area contributed by atoms with Crippen LogP contribution in [0.3, 0.4) is 0 Å². The van der Waals surface area contributed by atoms with Crippen molar-refractivity contribution in [2.75, 3.05) is 0 Å². The molecule has 176 valence electrons. The number of benzene rings is 3. The third-order valence-corrected chi connectivity index (χ3v) is 10.9. The van der Waals surface area contributed by atoms with Crippen molar-refractivity contribution >= 4 is 29.1 Å². The van der Waals surface area contributed by atoms with Gasteiger partial charge in [0.05, 0.1) is 34.4 Å². The van der Waals surface area contributed by atoms with Crippen LogP contribution in [0.1, 0.15) is 0 Å². The highest BCUT2D eigenvalue weighted by atomic mass is 28.3. The van der Waals surface area contributed by atoms with Crippen molar-refractivity contribution in [2.24, 2.45) is 0 Å². The van der Waals surface area contributed by atoms with E-state index in [2.05, 4.69) is 70.6 Å². The van der Waals surface area contributed by atoms with Gasteiger partial charge in [0.1, 0.15) is 0 Å². The van der Waals surface area contributed by atoms with E-state index in [9.17, 15) is 0 Å². The van der Waals surface area contributed by atoms with Crippen molar-refractivity contribution < 1.29 is 0 Å². The number of hydrogen-bond acceptors (Lipinski definition) is 5. The highest BCUT2D eigenvalue weighted by Crippen LogP contribution is 2.17. The third-order valence-electron chi connectivity index (χ3n) is 6.50. The fourth-order valence-electron chi connectivity index (χ4n) is 4.77. The number of rotatable bonds is 6. The normalized spacial score (nSPS) is 11.2. The summed E-state index contributed by atoms with van der Waals surface area (Å²) in [5, 5.41) is 4.15. The molecule has 3 aromatic carbocycles. The molecule has 0 saturated heterocycles. The zero-order chi connectivity index (χ0) is 24.9. The van der Waals surface area contributed by atoms with E-state index < -0.39 is 8.07 Å². The fourth-order valence-corrected chi connectivity index (χ4v) is 9.05. The lowest BCUT2D eigenvalue weighted by molar-refractivity contribution is 1.21. The van der Waals surface area contributed by atoms with Gasteiger partial charge in [0.15, 0.2) is 0 Å². The molecule has 37 heavy (non-hydrogen) atoms. The van der Waals surface area contributed by atoms with Crippen molar-refractivity contribution in [3.63, 3.8) is 0 Å². The Morgan fingerprint density at radius 1 is 0.405 bits per heavy atom. The summed E-state index contributed by atoms with van der Waals surface area (Å²) in [6.07, 6.45) is 11.0. The molecule has 0 amide bonds. The van der Waals surface area contributed by atoms with Gasteiger partial charge in [-0.1, -0.05) is 91.0 Å². The second-order valence-corrected chi connectivity index (χ2v) is 12.3. The van der Waals surface area contributed by atoms with E-state index in [4.69, 9.17) is 15.0 Å². The molecule has 0 N–H and O–H groups in total. The molecule has 0 aliphatic carbocycles. The molecule has 6 aromatic rings. The average Bonchev–Trinajstić information content (AvgIpc) is 3.00. The van der Waals surface area contributed by atoms with Crippen LogP contribution in [0.4, 0.5) is 0 Å². The van der Waals surface area contributed by atoms with Crippen molar-refractivity contribution in [2.45, 2.75) is 0 Å². The molecular formula is C31H23N5Si. The lowest BCUT2D eigenvalue weighted by Gasteiger charge is -2.31. The Labute approximate surface area is 216 Å². The summed E-state index contributed by atoms with van der Waals surface area (Å²) >= 11 is 0. The molecule has 0 spiro atoms. The molecule has 3 heterocycles. The second kappa shape index (κ2) is 10.0. The number of hydrogen-bond donors (Lipinski definition) is 0. The van der Waals surface area contributed by atoms with E-state index in [-0.39, 0.29) is 0 Å². The summed E-state index contributed by atoms with van der Waals surface area (Å²) in [4.78, 5) is 24.1. The predicted octanol–water partition coefficient (Wildman–Crippen LogP) is 3.37. The van der Waals surface area contributed by atoms with E-state index in [1.165, 1.54) is 10.4 Å². The topological polar surface area (TPSA) is 64.5 Å². The Hall–Kier alpha value is -4.81. The predicted molar refractivity (Wildman–Crippen MR) is 150 cm³/mol. The second-order valence-electron chi connectivity index (χ2n) is 8.66. The Kier molecular flexibility index (Phi) is 6.15. The van der Waals surface area contributed by atoms with Gasteiger partial charge in [-0.2, -0.15) is 0 Å². The largest absolute Gasteiger partial charge is 0.265 e. The maximum Gasteiger partial charge on any atom is 0.227 e. The molecule has 0 unspecified atom stereocenters. The van der Waals surface area contributed by atoms with Gasteiger partial charge in [-0.3, -0.25) is 24.9 Å². The van der Waals surface area contributed by atoms with Gasteiger partial charge < -0.3 is 0 Å². The van der Waals surface area contributed by atoms with Gasteiger partial charge in [-0.15, -0.1) is 0 Å². The minimum absolute atomic E-state index is 0.802. The standard InChI is InChI=1S/C31H23N5Si/c1-4-10-24(11-5-1)28-20-33-22-30(35-28)37(26-12-6-2-7-13-26,27-14-8-3-9-15-27)31-23-34-21-29(36-31)25-16-18-32-19-17-25/h1-23H. The van der Waals surface area contributed by atoms with E-state index >= 15 is 0 Å². The van der Waals surface area contributed by atoms with E-state index in [1.807, 2.05) is 61.1 Å². The first-order valence-electron chi connectivity index (χ1n) is 12.1. The van der Waals surface area contributed by atoms with Gasteiger partial charge in [0.2, 0.25) is 8.07 Å².